The highest BCUT2D eigenvalue weighted by molar-refractivity contribution is 6.46. The predicted molar refractivity (Wildman–Crippen MR) is 85.0 cm³/mol. The zero-order valence-electron chi connectivity index (χ0n) is 13.5. The highest BCUT2D eigenvalue weighted by atomic mass is 16.6. The number of hydrogen-bond donors (Lipinski definition) is 1. The van der Waals surface area contributed by atoms with Gasteiger partial charge >= 0.3 is 12.1 Å². The Morgan fingerprint density at radius 1 is 1.08 bits per heavy atom. The molecule has 0 unspecified atom stereocenters. The molecule has 3 aliphatic heterocycles. The molecule has 3 aliphatic rings. The van der Waals surface area contributed by atoms with E-state index in [-0.39, 0.29) is 18.5 Å². The van der Waals surface area contributed by atoms with Crippen molar-refractivity contribution in [3.8, 4) is 0 Å². The Balaban J connectivity index is 1.65. The maximum atomic E-state index is 11.8. The van der Waals surface area contributed by atoms with E-state index in [2.05, 4.69) is 15.3 Å². The maximum Gasteiger partial charge on any atom is 0.409 e. The molecule has 10 heteroatoms. The maximum absolute atomic E-state index is 11.8. The summed E-state index contributed by atoms with van der Waals surface area (Å²) in [5.41, 5.74) is 0. The lowest BCUT2D eigenvalue weighted by Gasteiger charge is -2.37. The number of amidine groups is 2. The van der Waals surface area contributed by atoms with Gasteiger partial charge in [-0.1, -0.05) is 0 Å². The van der Waals surface area contributed by atoms with Crippen molar-refractivity contribution in [1.29, 1.82) is 0 Å². The molecule has 0 radical (unpaired) electrons. The second-order valence-corrected chi connectivity index (χ2v) is 5.60. The molecule has 0 bridgehead atoms. The van der Waals surface area contributed by atoms with Gasteiger partial charge in [0, 0.05) is 39.3 Å². The molecule has 0 aromatic rings. The zero-order chi connectivity index (χ0) is 17.1. The van der Waals surface area contributed by atoms with E-state index in [1.54, 1.807) is 16.7 Å². The normalized spacial score (nSPS) is 21.5. The van der Waals surface area contributed by atoms with Gasteiger partial charge in [0.2, 0.25) is 5.91 Å². The van der Waals surface area contributed by atoms with E-state index in [9.17, 15) is 14.4 Å². The fraction of sp³-hybridized carbons (Fsp3) is 0.643. The minimum atomic E-state index is -0.557. The van der Waals surface area contributed by atoms with Gasteiger partial charge in [-0.05, 0) is 6.92 Å². The molecule has 4 amide bonds. The van der Waals surface area contributed by atoms with Crippen LogP contribution in [-0.4, -0.2) is 96.8 Å². The number of aliphatic imine (C=N–C) groups is 2. The molecular weight excluding hydrogens is 316 g/mol. The molecule has 0 aromatic heterocycles. The molecule has 1 N–H and O–H groups in total. The number of ether oxygens (including phenoxy) is 1. The molecule has 3 rings (SSSR count). The van der Waals surface area contributed by atoms with E-state index in [1.807, 2.05) is 4.90 Å². The minimum absolute atomic E-state index is 0.102. The Morgan fingerprint density at radius 3 is 2.38 bits per heavy atom. The Bertz CT molecular complexity index is 608. The first-order valence-corrected chi connectivity index (χ1v) is 7.98. The van der Waals surface area contributed by atoms with E-state index in [0.717, 1.165) is 0 Å². The summed E-state index contributed by atoms with van der Waals surface area (Å²) >= 11 is 0. The van der Waals surface area contributed by atoms with Gasteiger partial charge < -0.3 is 24.8 Å². The number of carbonyl (C=O) groups excluding carboxylic acids is 3. The van der Waals surface area contributed by atoms with Crippen molar-refractivity contribution in [2.45, 2.75) is 6.92 Å². The largest absolute Gasteiger partial charge is 0.450 e. The van der Waals surface area contributed by atoms with Crippen molar-refractivity contribution in [3.05, 3.63) is 0 Å². The summed E-state index contributed by atoms with van der Waals surface area (Å²) in [5, 5.41) is 2.74. The molecule has 2 fully saturated rings. The quantitative estimate of drug-likeness (QED) is 0.667. The number of hydrogen-bond acceptors (Lipinski definition) is 6. The van der Waals surface area contributed by atoms with Crippen LogP contribution < -0.4 is 5.32 Å². The average molecular weight is 336 g/mol. The topological polar surface area (TPSA) is 107 Å². The number of nitrogens with zero attached hydrogens (tertiary/aromatic N) is 5. The number of carbonyl (C=O) groups is 3. The molecule has 0 spiro atoms. The number of piperazine rings is 2. The third kappa shape index (κ3) is 3.31. The van der Waals surface area contributed by atoms with E-state index < -0.39 is 6.03 Å². The van der Waals surface area contributed by atoms with Crippen LogP contribution in [0.4, 0.5) is 9.59 Å². The van der Waals surface area contributed by atoms with Gasteiger partial charge in [0.25, 0.3) is 0 Å². The van der Waals surface area contributed by atoms with Gasteiger partial charge in [-0.3, -0.25) is 4.79 Å². The minimum Gasteiger partial charge on any atom is -0.450 e. The van der Waals surface area contributed by atoms with Gasteiger partial charge in [0.1, 0.15) is 0 Å². The molecule has 0 atom stereocenters. The van der Waals surface area contributed by atoms with Crippen molar-refractivity contribution in [2.24, 2.45) is 9.98 Å². The molecule has 24 heavy (non-hydrogen) atoms. The summed E-state index contributed by atoms with van der Waals surface area (Å²) < 4.78 is 4.99. The van der Waals surface area contributed by atoms with Crippen molar-refractivity contribution < 1.29 is 19.1 Å². The number of rotatable bonds is 1. The van der Waals surface area contributed by atoms with Crippen LogP contribution in [0, 0.1) is 0 Å². The van der Waals surface area contributed by atoms with Gasteiger partial charge in [-0.15, -0.1) is 0 Å². The van der Waals surface area contributed by atoms with Crippen molar-refractivity contribution in [1.82, 2.24) is 20.0 Å². The number of amides is 4. The summed E-state index contributed by atoms with van der Waals surface area (Å²) in [4.78, 5) is 48.3. The Kier molecular flexibility index (Phi) is 4.63. The van der Waals surface area contributed by atoms with Crippen molar-refractivity contribution >= 4 is 29.7 Å². The third-order valence-corrected chi connectivity index (χ3v) is 4.05. The van der Waals surface area contributed by atoms with E-state index in [0.29, 0.717) is 57.5 Å². The number of urea groups is 1. The molecule has 0 aliphatic carbocycles. The fourth-order valence-corrected chi connectivity index (χ4v) is 2.87. The standard InChI is InChI=1S/C14H20N6O4/c1-2-24-14(23)19-7-5-18(6-8-19)11-12(17-13(22)16-11)20-4-3-15-10(21)9-20/h2-9H2,1H3,(H,15,21). The number of nitrogens with one attached hydrogen (secondary N) is 1. The Hall–Kier alpha value is -2.65. The second kappa shape index (κ2) is 6.85. The molecular formula is C14H20N6O4. The van der Waals surface area contributed by atoms with Crippen molar-refractivity contribution in [2.75, 3.05) is 52.4 Å². The summed E-state index contributed by atoms with van der Waals surface area (Å²) in [5.74, 6) is 0.826. The smallest absolute Gasteiger partial charge is 0.409 e. The Morgan fingerprint density at radius 2 is 1.75 bits per heavy atom. The first-order valence-electron chi connectivity index (χ1n) is 7.98. The van der Waals surface area contributed by atoms with Gasteiger partial charge in [-0.2, -0.15) is 9.98 Å². The van der Waals surface area contributed by atoms with Gasteiger partial charge in [-0.25, -0.2) is 9.59 Å². The van der Waals surface area contributed by atoms with Gasteiger partial charge in [0.05, 0.1) is 13.2 Å². The molecule has 130 valence electrons. The SMILES string of the molecule is CCOC(=O)N1CCN(C2=NC(=O)N=C2N2CCNC(=O)C2)CC1. The van der Waals surface area contributed by atoms with Crippen LogP contribution >= 0.6 is 0 Å². The summed E-state index contributed by atoms with van der Waals surface area (Å²) in [6, 6.07) is -0.557. The van der Waals surface area contributed by atoms with E-state index in [4.69, 9.17) is 4.74 Å². The molecule has 10 nitrogen and oxygen atoms in total. The molecule has 3 heterocycles. The monoisotopic (exact) mass is 336 g/mol. The first kappa shape index (κ1) is 16.2. The fourth-order valence-electron chi connectivity index (χ4n) is 2.87. The lowest BCUT2D eigenvalue weighted by atomic mass is 10.2. The van der Waals surface area contributed by atoms with Crippen LogP contribution in [0.3, 0.4) is 0 Å². The molecule has 2 saturated heterocycles. The summed E-state index contributed by atoms with van der Waals surface area (Å²) in [6.45, 7) is 5.40. The third-order valence-electron chi connectivity index (χ3n) is 4.05. The lowest BCUT2D eigenvalue weighted by Crippen LogP contribution is -2.57. The van der Waals surface area contributed by atoms with Crippen LogP contribution in [0.5, 0.6) is 0 Å². The predicted octanol–water partition coefficient (Wildman–Crippen LogP) is -0.877. The van der Waals surface area contributed by atoms with E-state index in [1.165, 1.54) is 0 Å². The van der Waals surface area contributed by atoms with Crippen LogP contribution in [0.1, 0.15) is 6.92 Å². The summed E-state index contributed by atoms with van der Waals surface area (Å²) in [6.07, 6.45) is -0.330. The average Bonchev–Trinajstić information content (AvgIpc) is 2.97. The molecule has 0 saturated carbocycles. The van der Waals surface area contributed by atoms with Crippen LogP contribution in [0.2, 0.25) is 0 Å². The van der Waals surface area contributed by atoms with Crippen LogP contribution in [0.25, 0.3) is 0 Å². The zero-order valence-corrected chi connectivity index (χ0v) is 13.5. The molecule has 0 aromatic carbocycles. The van der Waals surface area contributed by atoms with Gasteiger partial charge in [0.15, 0.2) is 11.7 Å². The Labute approximate surface area is 139 Å². The second-order valence-electron chi connectivity index (χ2n) is 5.60. The van der Waals surface area contributed by atoms with Crippen LogP contribution in [-0.2, 0) is 9.53 Å². The lowest BCUT2D eigenvalue weighted by molar-refractivity contribution is -0.122. The van der Waals surface area contributed by atoms with Crippen molar-refractivity contribution in [3.63, 3.8) is 0 Å². The highest BCUT2D eigenvalue weighted by Gasteiger charge is 2.33. The van der Waals surface area contributed by atoms with E-state index >= 15 is 0 Å². The first-order chi connectivity index (χ1) is 11.6. The summed E-state index contributed by atoms with van der Waals surface area (Å²) in [7, 11) is 0. The van der Waals surface area contributed by atoms with Crippen LogP contribution in [0.15, 0.2) is 9.98 Å². The highest BCUT2D eigenvalue weighted by Crippen LogP contribution is 2.13.